The Morgan fingerprint density at radius 3 is 2.56 bits per heavy atom. The third-order valence-electron chi connectivity index (χ3n) is 5.31. The van der Waals surface area contributed by atoms with Gasteiger partial charge in [0, 0.05) is 10.0 Å². The van der Waals surface area contributed by atoms with Crippen molar-refractivity contribution in [2.24, 2.45) is 0 Å². The molecule has 1 saturated heterocycles. The Hall–Kier alpha value is -3.50. The Bertz CT molecular complexity index is 1350. The van der Waals surface area contributed by atoms with Crippen LogP contribution in [0.1, 0.15) is 32.5 Å². The summed E-state index contributed by atoms with van der Waals surface area (Å²) in [5, 5.41) is 11.3. The molecule has 0 radical (unpaired) electrons. The lowest BCUT2D eigenvalue weighted by Gasteiger charge is -2.23. The monoisotopic (exact) mass is 542 g/mol. The molecule has 1 unspecified atom stereocenters. The van der Waals surface area contributed by atoms with E-state index in [2.05, 4.69) is 20.9 Å². The second kappa shape index (κ2) is 9.40. The minimum atomic E-state index is -0.972. The van der Waals surface area contributed by atoms with E-state index in [9.17, 15) is 19.5 Å². The van der Waals surface area contributed by atoms with Crippen molar-refractivity contribution in [1.82, 2.24) is 4.98 Å². The fraction of sp³-hybridized carbons (Fsp3) is 0.167. The Kier molecular flexibility index (Phi) is 6.54. The molecule has 0 bridgehead atoms. The largest absolute Gasteiger partial charge is 0.507 e. The third kappa shape index (κ3) is 4.10. The summed E-state index contributed by atoms with van der Waals surface area (Å²) >= 11 is 4.37. The zero-order valence-corrected chi connectivity index (χ0v) is 20.8. The zero-order chi connectivity index (χ0) is 24.6. The maximum Gasteiger partial charge on any atom is 0.350 e. The van der Waals surface area contributed by atoms with E-state index in [1.807, 2.05) is 0 Å². The Labute approximate surface area is 207 Å². The van der Waals surface area contributed by atoms with Crippen LogP contribution < -0.4 is 9.64 Å². The molecule has 0 saturated carbocycles. The molecule has 1 N–H and O–H groups in total. The van der Waals surface area contributed by atoms with Crippen molar-refractivity contribution in [3.63, 3.8) is 0 Å². The number of hydrogen-bond donors (Lipinski definition) is 1. The van der Waals surface area contributed by atoms with Crippen molar-refractivity contribution in [1.29, 1.82) is 0 Å². The number of benzene rings is 2. The summed E-state index contributed by atoms with van der Waals surface area (Å²) in [4.78, 5) is 44.4. The molecular weight excluding hydrogens is 524 g/mol. The Balaban J connectivity index is 1.95. The number of esters is 1. The normalized spacial score (nSPS) is 17.2. The molecule has 34 heavy (non-hydrogen) atoms. The van der Waals surface area contributed by atoms with E-state index in [1.54, 1.807) is 55.5 Å². The number of rotatable bonds is 5. The predicted molar refractivity (Wildman–Crippen MR) is 130 cm³/mol. The minimum Gasteiger partial charge on any atom is -0.507 e. The van der Waals surface area contributed by atoms with Crippen molar-refractivity contribution < 1.29 is 29.0 Å². The number of carbonyl (C=O) groups is 3. The summed E-state index contributed by atoms with van der Waals surface area (Å²) in [5.74, 6) is -2.17. The number of carbonyl (C=O) groups excluding carboxylic acids is 3. The van der Waals surface area contributed by atoms with Gasteiger partial charge in [-0.2, -0.15) is 0 Å². The molecule has 10 heteroatoms. The van der Waals surface area contributed by atoms with Crippen LogP contribution in [0.5, 0.6) is 5.75 Å². The minimum absolute atomic E-state index is 0.0937. The van der Waals surface area contributed by atoms with Gasteiger partial charge in [0.15, 0.2) is 5.13 Å². The van der Waals surface area contributed by atoms with Crippen LogP contribution in [0.25, 0.3) is 5.76 Å². The van der Waals surface area contributed by atoms with Crippen LogP contribution in [0.15, 0.2) is 58.6 Å². The van der Waals surface area contributed by atoms with E-state index in [0.717, 1.165) is 15.8 Å². The molecule has 1 atom stereocenters. The summed E-state index contributed by atoms with van der Waals surface area (Å²) in [6.45, 7) is 1.62. The molecule has 3 aromatic rings. The molecule has 2 heterocycles. The van der Waals surface area contributed by atoms with Crippen molar-refractivity contribution in [2.75, 3.05) is 19.1 Å². The van der Waals surface area contributed by atoms with Gasteiger partial charge in [-0.25, -0.2) is 9.78 Å². The molecular formula is C24H19BrN2O6S. The second-order valence-electron chi connectivity index (χ2n) is 7.36. The molecule has 2 aromatic carbocycles. The highest BCUT2D eigenvalue weighted by atomic mass is 79.9. The van der Waals surface area contributed by atoms with Crippen LogP contribution in [0, 0.1) is 6.92 Å². The van der Waals surface area contributed by atoms with Gasteiger partial charge >= 0.3 is 11.9 Å². The molecule has 0 spiro atoms. The first-order chi connectivity index (χ1) is 16.3. The second-order valence-corrected chi connectivity index (χ2v) is 9.25. The number of aromatic nitrogens is 1. The molecule has 1 amide bonds. The van der Waals surface area contributed by atoms with Gasteiger partial charge in [0.05, 0.1) is 31.5 Å². The van der Waals surface area contributed by atoms with Crippen LogP contribution in [-0.2, 0) is 14.3 Å². The molecule has 8 nitrogen and oxygen atoms in total. The van der Waals surface area contributed by atoms with Crippen LogP contribution in [0.3, 0.4) is 0 Å². The number of aliphatic hydroxyl groups is 1. The first-order valence-electron chi connectivity index (χ1n) is 10.0. The number of aliphatic hydroxyl groups excluding tert-OH is 1. The molecule has 1 aliphatic rings. The SMILES string of the molecule is COC(=O)c1sc(N2C(=O)C(=O)/C(=C(/O)c3cccc(OC)c3)C2c2cccc(Br)c2)nc1C. The van der Waals surface area contributed by atoms with Gasteiger partial charge in [-0.15, -0.1) is 0 Å². The number of methoxy groups -OCH3 is 2. The lowest BCUT2D eigenvalue weighted by molar-refractivity contribution is -0.132. The first-order valence-corrected chi connectivity index (χ1v) is 11.6. The van der Waals surface area contributed by atoms with Crippen LogP contribution in [0.4, 0.5) is 5.13 Å². The average molecular weight is 543 g/mol. The van der Waals surface area contributed by atoms with Crippen molar-refractivity contribution >= 4 is 55.8 Å². The van der Waals surface area contributed by atoms with E-state index in [-0.39, 0.29) is 21.3 Å². The highest BCUT2D eigenvalue weighted by Gasteiger charge is 2.48. The summed E-state index contributed by atoms with van der Waals surface area (Å²) < 4.78 is 10.8. The van der Waals surface area contributed by atoms with Crippen LogP contribution in [0.2, 0.25) is 0 Å². The number of anilines is 1. The number of nitrogens with zero attached hydrogens (tertiary/aromatic N) is 2. The standard InChI is InChI=1S/C24H19BrN2O6S/c1-12-21(23(31)33-3)34-24(26-12)27-18(13-6-4-8-15(25)10-13)17(20(29)22(27)30)19(28)14-7-5-9-16(11-14)32-2/h4-11,18,28H,1-3H3/b19-17+. The van der Waals surface area contributed by atoms with Gasteiger partial charge in [-0.1, -0.05) is 51.5 Å². The number of ether oxygens (including phenoxy) is 2. The summed E-state index contributed by atoms with van der Waals surface area (Å²) in [5.41, 5.74) is 1.17. The van der Waals surface area contributed by atoms with Gasteiger partial charge in [-0.3, -0.25) is 14.5 Å². The highest BCUT2D eigenvalue weighted by molar-refractivity contribution is 9.10. The Morgan fingerprint density at radius 1 is 1.15 bits per heavy atom. The summed E-state index contributed by atoms with van der Waals surface area (Å²) in [6, 6.07) is 12.7. The zero-order valence-electron chi connectivity index (χ0n) is 18.4. The maximum atomic E-state index is 13.2. The summed E-state index contributed by atoms with van der Waals surface area (Å²) in [6.07, 6.45) is 0. The molecule has 1 aliphatic heterocycles. The predicted octanol–water partition coefficient (Wildman–Crippen LogP) is 4.64. The van der Waals surface area contributed by atoms with Gasteiger partial charge in [-0.05, 0) is 36.8 Å². The van der Waals surface area contributed by atoms with Gasteiger partial charge in [0.25, 0.3) is 5.78 Å². The highest BCUT2D eigenvalue weighted by Crippen LogP contribution is 2.44. The number of thiazole rings is 1. The number of ketones is 1. The van der Waals surface area contributed by atoms with Crippen LogP contribution >= 0.6 is 27.3 Å². The van der Waals surface area contributed by atoms with Gasteiger partial charge in [0.2, 0.25) is 0 Å². The smallest absolute Gasteiger partial charge is 0.350 e. The Morgan fingerprint density at radius 2 is 1.88 bits per heavy atom. The molecule has 0 aliphatic carbocycles. The van der Waals surface area contributed by atoms with Crippen molar-refractivity contribution in [3.05, 3.63) is 80.3 Å². The lowest BCUT2D eigenvalue weighted by atomic mass is 9.95. The average Bonchev–Trinajstić information content (AvgIpc) is 3.35. The fourth-order valence-corrected chi connectivity index (χ4v) is 5.14. The maximum absolute atomic E-state index is 13.2. The third-order valence-corrected chi connectivity index (χ3v) is 6.94. The molecule has 1 aromatic heterocycles. The van der Waals surface area contributed by atoms with E-state index in [1.165, 1.54) is 19.1 Å². The molecule has 174 valence electrons. The van der Waals surface area contributed by atoms with E-state index in [0.29, 0.717) is 22.6 Å². The van der Waals surface area contributed by atoms with E-state index >= 15 is 0 Å². The molecule has 4 rings (SSSR count). The number of hydrogen-bond acceptors (Lipinski definition) is 8. The number of halogens is 1. The van der Waals surface area contributed by atoms with Crippen LogP contribution in [-0.4, -0.2) is 42.0 Å². The number of aryl methyl sites for hydroxylation is 1. The first kappa shape index (κ1) is 23.7. The van der Waals surface area contributed by atoms with Gasteiger partial charge in [0.1, 0.15) is 16.4 Å². The fourth-order valence-electron chi connectivity index (χ4n) is 3.72. The lowest BCUT2D eigenvalue weighted by Crippen LogP contribution is -2.29. The molecule has 1 fully saturated rings. The van der Waals surface area contributed by atoms with E-state index < -0.39 is 23.7 Å². The number of Topliss-reactive ketones (excluding diaryl/α,β-unsaturated/α-hetero) is 1. The van der Waals surface area contributed by atoms with Crippen molar-refractivity contribution in [2.45, 2.75) is 13.0 Å². The van der Waals surface area contributed by atoms with Crippen molar-refractivity contribution in [3.8, 4) is 5.75 Å². The topological polar surface area (TPSA) is 106 Å². The quantitative estimate of drug-likeness (QED) is 0.216. The number of amides is 1. The van der Waals surface area contributed by atoms with E-state index in [4.69, 9.17) is 9.47 Å². The van der Waals surface area contributed by atoms with Gasteiger partial charge < -0.3 is 14.6 Å². The summed E-state index contributed by atoms with van der Waals surface area (Å²) in [7, 11) is 2.74.